The minimum atomic E-state index is -1.19. The lowest BCUT2D eigenvalue weighted by Crippen LogP contribution is -2.61. The molecule has 1 aromatic rings. The average Bonchev–Trinajstić information content (AvgIpc) is 2.66. The molecule has 1 aliphatic carbocycles. The Bertz CT molecular complexity index is 905. The molecule has 170 valence electrons. The molecule has 1 aliphatic heterocycles. The minimum absolute atomic E-state index is 0.0876. The maximum atomic E-state index is 11.5. The second-order valence-electron chi connectivity index (χ2n) is 9.68. The van der Waals surface area contributed by atoms with Crippen LogP contribution in [0.5, 0.6) is 5.75 Å². The standard InChI is InChI=1S/C23H31NO7/c1-21(2,10-5-6-12-30-24(28)29)16-7-8-17-18-13-15(20(25)26)9-11-23(18,27)22(3,4)31-19(17)14-16/h7-9,14,18,27H,5-6,10-13H2,1-4H3,(H,25,26)/t18-,23-/m1/s1. The van der Waals surface area contributed by atoms with Gasteiger partial charge in [0.25, 0.3) is 5.09 Å². The normalized spacial score (nSPS) is 24.3. The highest BCUT2D eigenvalue weighted by atomic mass is 16.9. The van der Waals surface area contributed by atoms with Crippen molar-refractivity contribution < 1.29 is 29.7 Å². The Kier molecular flexibility index (Phi) is 6.06. The van der Waals surface area contributed by atoms with E-state index >= 15 is 0 Å². The van der Waals surface area contributed by atoms with Gasteiger partial charge in [0.15, 0.2) is 0 Å². The zero-order valence-corrected chi connectivity index (χ0v) is 18.5. The topological polar surface area (TPSA) is 119 Å². The predicted octanol–water partition coefficient (Wildman–Crippen LogP) is 4.13. The molecular formula is C23H31NO7. The fourth-order valence-electron chi connectivity index (χ4n) is 4.75. The molecule has 2 N–H and O–H groups in total. The number of benzene rings is 1. The van der Waals surface area contributed by atoms with Crippen LogP contribution in [-0.2, 0) is 15.0 Å². The summed E-state index contributed by atoms with van der Waals surface area (Å²) in [5.41, 5.74) is -0.0514. The summed E-state index contributed by atoms with van der Waals surface area (Å²) in [4.78, 5) is 26.2. The first-order chi connectivity index (χ1) is 14.4. The number of aliphatic hydroxyl groups is 1. The van der Waals surface area contributed by atoms with Crippen LogP contribution in [0, 0.1) is 10.1 Å². The van der Waals surface area contributed by atoms with Crippen LogP contribution in [0.4, 0.5) is 0 Å². The van der Waals surface area contributed by atoms with E-state index in [4.69, 9.17) is 4.74 Å². The van der Waals surface area contributed by atoms with Crippen molar-refractivity contribution in [2.24, 2.45) is 0 Å². The summed E-state index contributed by atoms with van der Waals surface area (Å²) in [5.74, 6) is -0.640. The summed E-state index contributed by atoms with van der Waals surface area (Å²) in [7, 11) is 0. The van der Waals surface area contributed by atoms with Crippen molar-refractivity contribution in [3.8, 4) is 5.75 Å². The maximum absolute atomic E-state index is 11.5. The first-order valence-electron chi connectivity index (χ1n) is 10.6. The van der Waals surface area contributed by atoms with Gasteiger partial charge in [0.1, 0.15) is 17.0 Å². The molecule has 0 aromatic heterocycles. The number of rotatable bonds is 8. The number of ether oxygens (including phenoxy) is 1. The number of carboxylic acids is 1. The fraction of sp³-hybridized carbons (Fsp3) is 0.609. The molecule has 31 heavy (non-hydrogen) atoms. The van der Waals surface area contributed by atoms with Crippen LogP contribution in [0.15, 0.2) is 29.8 Å². The van der Waals surface area contributed by atoms with Gasteiger partial charge < -0.3 is 19.8 Å². The highest BCUT2D eigenvalue weighted by Crippen LogP contribution is 2.54. The number of hydrogen-bond acceptors (Lipinski definition) is 6. The molecule has 0 bridgehead atoms. The van der Waals surface area contributed by atoms with E-state index < -0.39 is 22.3 Å². The second kappa shape index (κ2) is 8.15. The van der Waals surface area contributed by atoms with E-state index in [0.29, 0.717) is 17.7 Å². The van der Waals surface area contributed by atoms with Crippen LogP contribution < -0.4 is 4.74 Å². The highest BCUT2D eigenvalue weighted by molar-refractivity contribution is 5.87. The molecule has 0 saturated carbocycles. The lowest BCUT2D eigenvalue weighted by atomic mass is 9.63. The van der Waals surface area contributed by atoms with Crippen LogP contribution in [-0.4, -0.2) is 39.1 Å². The zero-order valence-electron chi connectivity index (χ0n) is 18.5. The predicted molar refractivity (Wildman–Crippen MR) is 114 cm³/mol. The molecule has 0 radical (unpaired) electrons. The second-order valence-corrected chi connectivity index (χ2v) is 9.68. The Morgan fingerprint density at radius 3 is 2.71 bits per heavy atom. The number of unbranched alkanes of at least 4 members (excludes halogenated alkanes) is 1. The molecule has 0 saturated heterocycles. The van der Waals surface area contributed by atoms with Gasteiger partial charge in [-0.3, -0.25) is 0 Å². The van der Waals surface area contributed by atoms with Crippen molar-refractivity contribution in [1.82, 2.24) is 0 Å². The van der Waals surface area contributed by atoms with E-state index in [1.165, 1.54) is 0 Å². The number of hydrogen-bond donors (Lipinski definition) is 2. The third-order valence-electron chi connectivity index (χ3n) is 6.91. The van der Waals surface area contributed by atoms with Crippen molar-refractivity contribution in [3.05, 3.63) is 51.1 Å². The Hall–Kier alpha value is -2.61. The lowest BCUT2D eigenvalue weighted by molar-refractivity contribution is -0.757. The summed E-state index contributed by atoms with van der Waals surface area (Å²) in [6.07, 6.45) is 4.28. The molecule has 8 nitrogen and oxygen atoms in total. The van der Waals surface area contributed by atoms with Crippen molar-refractivity contribution in [2.75, 3.05) is 6.61 Å². The summed E-state index contributed by atoms with van der Waals surface area (Å²) in [6, 6.07) is 5.94. The Morgan fingerprint density at radius 2 is 2.06 bits per heavy atom. The third kappa shape index (κ3) is 4.39. The number of nitrogens with zero attached hydrogens (tertiary/aromatic N) is 1. The Balaban J connectivity index is 1.84. The third-order valence-corrected chi connectivity index (χ3v) is 6.91. The van der Waals surface area contributed by atoms with Gasteiger partial charge in [-0.25, -0.2) is 4.79 Å². The molecule has 0 unspecified atom stereocenters. The van der Waals surface area contributed by atoms with Gasteiger partial charge in [0.2, 0.25) is 0 Å². The van der Waals surface area contributed by atoms with Crippen molar-refractivity contribution >= 4 is 5.97 Å². The van der Waals surface area contributed by atoms with Crippen LogP contribution in [0.1, 0.15) is 76.8 Å². The monoisotopic (exact) mass is 433 g/mol. The van der Waals surface area contributed by atoms with E-state index in [0.717, 1.165) is 24.0 Å². The molecule has 0 fully saturated rings. The van der Waals surface area contributed by atoms with Gasteiger partial charge in [0.05, 0.1) is 6.61 Å². The highest BCUT2D eigenvalue weighted by Gasteiger charge is 2.56. The number of fused-ring (bicyclic) bond motifs is 3. The Labute approximate surface area is 182 Å². The van der Waals surface area contributed by atoms with Crippen LogP contribution in [0.2, 0.25) is 0 Å². The SMILES string of the molecule is CC(C)(CCCCO[N+](=O)[O-])c1ccc2c(c1)OC(C)(C)[C@@]1(O)CC=C(C(=O)O)C[C@H]21. The molecule has 3 rings (SSSR count). The zero-order chi connectivity index (χ0) is 23.0. The van der Waals surface area contributed by atoms with E-state index in [-0.39, 0.29) is 30.8 Å². The molecule has 0 amide bonds. The average molecular weight is 434 g/mol. The molecule has 8 heteroatoms. The van der Waals surface area contributed by atoms with Gasteiger partial charge in [-0.05, 0) is 56.6 Å². The van der Waals surface area contributed by atoms with Crippen molar-refractivity contribution in [3.63, 3.8) is 0 Å². The fourth-order valence-corrected chi connectivity index (χ4v) is 4.75. The van der Waals surface area contributed by atoms with Gasteiger partial charge in [-0.15, -0.1) is 10.1 Å². The van der Waals surface area contributed by atoms with E-state index in [2.05, 4.69) is 18.7 Å². The first-order valence-corrected chi connectivity index (χ1v) is 10.6. The smallest absolute Gasteiger partial charge is 0.331 e. The van der Waals surface area contributed by atoms with Gasteiger partial charge >= 0.3 is 5.97 Å². The van der Waals surface area contributed by atoms with Crippen molar-refractivity contribution in [2.45, 2.75) is 82.3 Å². The number of carbonyl (C=O) groups is 1. The van der Waals surface area contributed by atoms with Crippen LogP contribution in [0.25, 0.3) is 0 Å². The van der Waals surface area contributed by atoms with E-state index in [1.54, 1.807) is 6.08 Å². The molecule has 2 atom stereocenters. The Morgan fingerprint density at radius 1 is 1.35 bits per heavy atom. The summed E-state index contributed by atoms with van der Waals surface area (Å²) >= 11 is 0. The van der Waals surface area contributed by atoms with Gasteiger partial charge in [0, 0.05) is 17.1 Å². The lowest BCUT2D eigenvalue weighted by Gasteiger charge is -2.53. The van der Waals surface area contributed by atoms with Crippen molar-refractivity contribution in [1.29, 1.82) is 0 Å². The maximum Gasteiger partial charge on any atom is 0.331 e. The quantitative estimate of drug-likeness (QED) is 0.359. The minimum Gasteiger partial charge on any atom is -0.485 e. The van der Waals surface area contributed by atoms with E-state index in [1.807, 2.05) is 32.0 Å². The number of carboxylic acid groups (broad SMARTS) is 1. The van der Waals surface area contributed by atoms with Crippen LogP contribution >= 0.6 is 0 Å². The van der Waals surface area contributed by atoms with E-state index in [9.17, 15) is 25.1 Å². The summed E-state index contributed by atoms with van der Waals surface area (Å²) in [6.45, 7) is 7.99. The van der Waals surface area contributed by atoms with Crippen LogP contribution in [0.3, 0.4) is 0 Å². The van der Waals surface area contributed by atoms with Gasteiger partial charge in [-0.1, -0.05) is 38.5 Å². The summed E-state index contributed by atoms with van der Waals surface area (Å²) in [5, 5.41) is 30.4. The summed E-state index contributed by atoms with van der Waals surface area (Å²) < 4.78 is 6.27. The molecule has 1 heterocycles. The molecule has 2 aliphatic rings. The molecular weight excluding hydrogens is 402 g/mol. The molecule has 0 spiro atoms. The first kappa shape index (κ1) is 23.1. The largest absolute Gasteiger partial charge is 0.485 e. The molecule has 1 aromatic carbocycles. The van der Waals surface area contributed by atoms with Gasteiger partial charge in [-0.2, -0.15) is 0 Å². The number of aliphatic carboxylic acids is 1.